The molecule has 2 fully saturated rings. The Labute approximate surface area is 273 Å². The van der Waals surface area contributed by atoms with Gasteiger partial charge in [-0.1, -0.05) is 42.5 Å². The first-order valence-electron chi connectivity index (χ1n) is 16.2. The summed E-state index contributed by atoms with van der Waals surface area (Å²) in [4.78, 5) is 42.3. The van der Waals surface area contributed by atoms with Gasteiger partial charge in [-0.2, -0.15) is 5.21 Å². The Morgan fingerprint density at radius 2 is 1.62 bits per heavy atom. The SMILES string of the molecule is NCC1CCC(C(=O)N[C@@H](Cc2ccc(-c3ccccc3C(=O)N3CCOCC3)cc2)C(=O)Nc2ccc(-c3nn[nH]n3)cc2)CC1. The van der Waals surface area contributed by atoms with Crippen LogP contribution in [-0.4, -0.2) is 82.1 Å². The van der Waals surface area contributed by atoms with Crippen LogP contribution < -0.4 is 16.4 Å². The van der Waals surface area contributed by atoms with E-state index in [0.717, 1.165) is 47.9 Å². The Kier molecular flexibility index (Phi) is 10.3. The summed E-state index contributed by atoms with van der Waals surface area (Å²) < 4.78 is 5.42. The summed E-state index contributed by atoms with van der Waals surface area (Å²) in [7, 11) is 0. The molecular weight excluding hydrogens is 596 g/mol. The Morgan fingerprint density at radius 3 is 2.30 bits per heavy atom. The topological polar surface area (TPSA) is 168 Å². The zero-order chi connectivity index (χ0) is 32.6. The average molecular weight is 637 g/mol. The number of carbonyl (C=O) groups excluding carboxylic acids is 3. The zero-order valence-corrected chi connectivity index (χ0v) is 26.2. The summed E-state index contributed by atoms with van der Waals surface area (Å²) in [6.07, 6.45) is 3.64. The third-order valence-electron chi connectivity index (χ3n) is 9.10. The van der Waals surface area contributed by atoms with E-state index in [-0.39, 0.29) is 23.6 Å². The Hall–Kier alpha value is -4.94. The highest BCUT2D eigenvalue weighted by Crippen LogP contribution is 2.29. The van der Waals surface area contributed by atoms with Crippen LogP contribution >= 0.6 is 0 Å². The third kappa shape index (κ3) is 7.90. The lowest BCUT2D eigenvalue weighted by Crippen LogP contribution is -2.48. The number of ether oxygens (including phenoxy) is 1. The van der Waals surface area contributed by atoms with Gasteiger partial charge in [0.15, 0.2) is 0 Å². The van der Waals surface area contributed by atoms with Gasteiger partial charge in [-0.25, -0.2) is 0 Å². The normalized spacial score (nSPS) is 18.7. The van der Waals surface area contributed by atoms with E-state index in [1.165, 1.54) is 0 Å². The first-order chi connectivity index (χ1) is 23.0. The van der Waals surface area contributed by atoms with Crippen molar-refractivity contribution in [2.45, 2.75) is 38.1 Å². The van der Waals surface area contributed by atoms with Crippen molar-refractivity contribution in [2.75, 3.05) is 38.2 Å². The molecule has 1 atom stereocenters. The van der Waals surface area contributed by atoms with E-state index in [1.54, 1.807) is 24.3 Å². The van der Waals surface area contributed by atoms with Crippen LogP contribution in [0.1, 0.15) is 41.6 Å². The van der Waals surface area contributed by atoms with Crippen molar-refractivity contribution in [3.8, 4) is 22.5 Å². The number of nitrogens with one attached hydrogen (secondary N) is 3. The van der Waals surface area contributed by atoms with Crippen LogP contribution in [0.25, 0.3) is 22.5 Å². The van der Waals surface area contributed by atoms with Crippen molar-refractivity contribution in [1.29, 1.82) is 0 Å². The quantitative estimate of drug-likeness (QED) is 0.205. The summed E-state index contributed by atoms with van der Waals surface area (Å²) in [6, 6.07) is 21.7. The first-order valence-corrected chi connectivity index (χ1v) is 16.2. The number of benzene rings is 3. The van der Waals surface area contributed by atoms with Gasteiger partial charge in [-0.05, 0) is 90.4 Å². The number of H-pyrrole nitrogens is 1. The maximum Gasteiger partial charge on any atom is 0.254 e. The molecule has 1 aliphatic carbocycles. The number of hydrogen-bond donors (Lipinski definition) is 4. The van der Waals surface area contributed by atoms with Crippen LogP contribution in [0.5, 0.6) is 0 Å². The van der Waals surface area contributed by atoms with Crippen LogP contribution in [0.15, 0.2) is 72.8 Å². The number of hydrogen-bond acceptors (Lipinski definition) is 8. The number of aromatic amines is 1. The van der Waals surface area contributed by atoms with E-state index in [1.807, 2.05) is 53.4 Å². The monoisotopic (exact) mass is 636 g/mol. The lowest BCUT2D eigenvalue weighted by atomic mass is 9.81. The molecule has 0 spiro atoms. The Bertz CT molecular complexity index is 1650. The predicted octanol–water partition coefficient (Wildman–Crippen LogP) is 3.44. The maximum absolute atomic E-state index is 13.7. The molecule has 6 rings (SSSR count). The van der Waals surface area contributed by atoms with Gasteiger partial charge < -0.3 is 26.0 Å². The molecule has 12 heteroatoms. The summed E-state index contributed by atoms with van der Waals surface area (Å²) in [5.41, 5.74) is 10.5. The molecule has 5 N–H and O–H groups in total. The van der Waals surface area contributed by atoms with Crippen LogP contribution in [0.2, 0.25) is 0 Å². The minimum Gasteiger partial charge on any atom is -0.378 e. The molecule has 2 heterocycles. The lowest BCUT2D eigenvalue weighted by Gasteiger charge is -2.28. The summed E-state index contributed by atoms with van der Waals surface area (Å²) in [5.74, 6) is 0.311. The van der Waals surface area contributed by atoms with Crippen LogP contribution in [0.4, 0.5) is 5.69 Å². The minimum absolute atomic E-state index is 0.0155. The van der Waals surface area contributed by atoms with Crippen molar-refractivity contribution in [1.82, 2.24) is 30.8 Å². The van der Waals surface area contributed by atoms with Crippen molar-refractivity contribution in [3.05, 3.63) is 83.9 Å². The highest BCUT2D eigenvalue weighted by atomic mass is 16.5. The third-order valence-corrected chi connectivity index (χ3v) is 9.10. The standard InChI is InChI=1S/C35H40N8O4/c36-22-24-7-11-27(12-8-24)33(44)38-31(34(45)37-28-15-13-26(14-16-28)32-39-41-42-40-32)21-23-5-9-25(10-6-23)29-3-1-2-4-30(29)35(46)43-17-19-47-20-18-43/h1-6,9-10,13-16,24,27,31H,7-8,11-12,17-22,36H2,(H,37,45)(H,38,44)(H,39,40,41,42)/t24?,27?,31-/m0/s1. The first kappa shape index (κ1) is 32.0. The number of carbonyl (C=O) groups is 3. The fourth-order valence-electron chi connectivity index (χ4n) is 6.29. The fourth-order valence-corrected chi connectivity index (χ4v) is 6.29. The minimum atomic E-state index is -0.798. The van der Waals surface area contributed by atoms with Crippen molar-refractivity contribution < 1.29 is 19.1 Å². The van der Waals surface area contributed by atoms with Crippen molar-refractivity contribution in [2.24, 2.45) is 17.6 Å². The van der Waals surface area contributed by atoms with Crippen molar-refractivity contribution >= 4 is 23.4 Å². The van der Waals surface area contributed by atoms with Gasteiger partial charge in [0.05, 0.1) is 13.2 Å². The molecular formula is C35H40N8O4. The second-order valence-corrected chi connectivity index (χ2v) is 12.2. The molecule has 4 aromatic rings. The van der Waals surface area contributed by atoms with Gasteiger partial charge in [0, 0.05) is 42.2 Å². The Balaban J connectivity index is 1.18. The number of rotatable bonds is 10. The number of tetrazole rings is 1. The second-order valence-electron chi connectivity index (χ2n) is 12.2. The largest absolute Gasteiger partial charge is 0.378 e. The summed E-state index contributed by atoms with van der Waals surface area (Å²) >= 11 is 0. The van der Waals surface area contributed by atoms with Gasteiger partial charge in [-0.3, -0.25) is 14.4 Å². The molecule has 0 unspecified atom stereocenters. The highest BCUT2D eigenvalue weighted by Gasteiger charge is 2.29. The lowest BCUT2D eigenvalue weighted by molar-refractivity contribution is -0.130. The van der Waals surface area contributed by atoms with Gasteiger partial charge in [0.2, 0.25) is 17.6 Å². The Morgan fingerprint density at radius 1 is 0.915 bits per heavy atom. The second kappa shape index (κ2) is 15.1. The number of morpholine rings is 1. The molecule has 244 valence electrons. The number of anilines is 1. The number of nitrogens with two attached hydrogens (primary N) is 1. The molecule has 0 radical (unpaired) electrons. The summed E-state index contributed by atoms with van der Waals surface area (Å²) in [6.45, 7) is 2.84. The fraction of sp³-hybridized carbons (Fsp3) is 0.371. The number of nitrogens with zero attached hydrogens (tertiary/aromatic N) is 4. The van der Waals surface area contributed by atoms with Crippen LogP contribution in [-0.2, 0) is 20.7 Å². The smallest absolute Gasteiger partial charge is 0.254 e. The maximum atomic E-state index is 13.7. The van der Waals surface area contributed by atoms with Gasteiger partial charge in [0.25, 0.3) is 5.91 Å². The van der Waals surface area contributed by atoms with Crippen molar-refractivity contribution in [3.63, 3.8) is 0 Å². The molecule has 0 bridgehead atoms. The predicted molar refractivity (Wildman–Crippen MR) is 177 cm³/mol. The van der Waals surface area contributed by atoms with E-state index in [9.17, 15) is 14.4 Å². The molecule has 47 heavy (non-hydrogen) atoms. The summed E-state index contributed by atoms with van der Waals surface area (Å²) in [5, 5.41) is 20.0. The molecule has 1 saturated carbocycles. The number of amides is 3. The molecule has 1 aliphatic heterocycles. The molecule has 3 amide bonds. The van der Waals surface area contributed by atoms with Crippen LogP contribution in [0.3, 0.4) is 0 Å². The molecule has 1 saturated heterocycles. The molecule has 2 aliphatic rings. The average Bonchev–Trinajstić information content (AvgIpc) is 3.67. The van der Waals surface area contributed by atoms with E-state index in [4.69, 9.17) is 10.5 Å². The van der Waals surface area contributed by atoms with E-state index >= 15 is 0 Å². The molecule has 12 nitrogen and oxygen atoms in total. The molecule has 1 aromatic heterocycles. The highest BCUT2D eigenvalue weighted by molar-refractivity contribution is 6.01. The van der Waals surface area contributed by atoms with Crippen LogP contribution in [0, 0.1) is 11.8 Å². The van der Waals surface area contributed by atoms with Gasteiger partial charge in [-0.15, -0.1) is 10.2 Å². The van der Waals surface area contributed by atoms with Gasteiger partial charge in [0.1, 0.15) is 6.04 Å². The van der Waals surface area contributed by atoms with E-state index < -0.39 is 6.04 Å². The zero-order valence-electron chi connectivity index (χ0n) is 26.2. The molecule has 3 aromatic carbocycles. The van der Waals surface area contributed by atoms with Gasteiger partial charge >= 0.3 is 0 Å². The number of aromatic nitrogens is 4. The van der Waals surface area contributed by atoms with E-state index in [0.29, 0.717) is 62.3 Å². The van der Waals surface area contributed by atoms with E-state index in [2.05, 4.69) is 31.3 Å².